The van der Waals surface area contributed by atoms with Crippen molar-refractivity contribution in [2.45, 2.75) is 44.0 Å². The number of hydrogen-bond acceptors (Lipinski definition) is 2. The van der Waals surface area contributed by atoms with Crippen LogP contribution in [0, 0.1) is 5.92 Å². The smallest absolute Gasteiger partial charge is 0.0205 e. The normalized spacial score (nSPS) is 15.1. The molecule has 1 aromatic rings. The van der Waals surface area contributed by atoms with Gasteiger partial charge in [-0.2, -0.15) is 0 Å². The molecule has 1 aromatic carbocycles. The lowest BCUT2D eigenvalue weighted by Crippen LogP contribution is -2.13. The maximum atomic E-state index is 3.45. The summed E-state index contributed by atoms with van der Waals surface area (Å²) < 4.78 is 0. The zero-order valence-electron chi connectivity index (χ0n) is 10.7. The summed E-state index contributed by atoms with van der Waals surface area (Å²) in [5.74, 6) is 2.34. The van der Waals surface area contributed by atoms with Gasteiger partial charge >= 0.3 is 0 Å². The van der Waals surface area contributed by atoms with E-state index in [1.165, 1.54) is 41.9 Å². The Morgan fingerprint density at radius 3 is 3.00 bits per heavy atom. The van der Waals surface area contributed by atoms with Crippen molar-refractivity contribution in [1.29, 1.82) is 0 Å². The molecular weight excluding hydrogens is 226 g/mol. The fourth-order valence-electron chi connectivity index (χ4n) is 1.90. The molecular formula is C15H23NS. The van der Waals surface area contributed by atoms with Crippen LogP contribution in [0.15, 0.2) is 29.2 Å². The molecule has 0 heterocycles. The van der Waals surface area contributed by atoms with Gasteiger partial charge in [-0.15, -0.1) is 11.8 Å². The van der Waals surface area contributed by atoms with Crippen LogP contribution in [-0.4, -0.2) is 12.3 Å². The number of thioether (sulfide) groups is 1. The van der Waals surface area contributed by atoms with Crippen LogP contribution in [0.5, 0.6) is 0 Å². The van der Waals surface area contributed by atoms with Crippen LogP contribution in [0.2, 0.25) is 0 Å². The highest BCUT2D eigenvalue weighted by Gasteiger charge is 2.20. The van der Waals surface area contributed by atoms with Crippen molar-refractivity contribution in [2.75, 3.05) is 12.3 Å². The second-order valence-corrected chi connectivity index (χ2v) is 6.07. The molecule has 0 amide bonds. The molecule has 2 rings (SSSR count). The van der Waals surface area contributed by atoms with Gasteiger partial charge in [0.2, 0.25) is 0 Å². The van der Waals surface area contributed by atoms with Gasteiger partial charge in [-0.25, -0.2) is 0 Å². The Kier molecular flexibility index (Phi) is 5.40. The lowest BCUT2D eigenvalue weighted by molar-refractivity contribution is 0.674. The maximum Gasteiger partial charge on any atom is 0.0205 e. The third-order valence-electron chi connectivity index (χ3n) is 3.15. The van der Waals surface area contributed by atoms with Crippen LogP contribution in [0.1, 0.15) is 38.2 Å². The molecule has 1 fully saturated rings. The van der Waals surface area contributed by atoms with Crippen molar-refractivity contribution < 1.29 is 0 Å². The van der Waals surface area contributed by atoms with Crippen molar-refractivity contribution in [3.05, 3.63) is 29.8 Å². The first-order chi connectivity index (χ1) is 8.38. The lowest BCUT2D eigenvalue weighted by atomic mass is 10.2. The first-order valence-electron chi connectivity index (χ1n) is 6.81. The molecule has 1 nitrogen and oxygen atoms in total. The zero-order chi connectivity index (χ0) is 11.9. The largest absolute Gasteiger partial charge is 0.313 e. The quantitative estimate of drug-likeness (QED) is 0.550. The predicted molar refractivity (Wildman–Crippen MR) is 76.5 cm³/mol. The van der Waals surface area contributed by atoms with Crippen LogP contribution >= 0.6 is 11.8 Å². The molecule has 2 heteroatoms. The fraction of sp³-hybridized carbons (Fsp3) is 0.600. The summed E-state index contributed by atoms with van der Waals surface area (Å²) in [6, 6.07) is 8.97. The summed E-state index contributed by atoms with van der Waals surface area (Å²) in [6.07, 6.45) is 5.56. The molecule has 0 aliphatic heterocycles. The molecule has 94 valence electrons. The Morgan fingerprint density at radius 1 is 1.35 bits per heavy atom. The van der Waals surface area contributed by atoms with Crippen molar-refractivity contribution >= 4 is 11.8 Å². The third-order valence-corrected chi connectivity index (χ3v) is 4.17. The minimum atomic E-state index is 1.00. The van der Waals surface area contributed by atoms with Crippen LogP contribution in [-0.2, 0) is 6.54 Å². The minimum absolute atomic E-state index is 1.00. The van der Waals surface area contributed by atoms with Crippen molar-refractivity contribution in [3.8, 4) is 0 Å². The van der Waals surface area contributed by atoms with Gasteiger partial charge in [-0.1, -0.05) is 31.9 Å². The highest BCUT2D eigenvalue weighted by atomic mass is 32.2. The lowest BCUT2D eigenvalue weighted by Gasteiger charge is -2.06. The Hall–Kier alpha value is -0.470. The molecule has 1 aliphatic rings. The Balaban J connectivity index is 1.73. The van der Waals surface area contributed by atoms with Crippen LogP contribution in [0.3, 0.4) is 0 Å². The van der Waals surface area contributed by atoms with E-state index in [0.717, 1.165) is 19.0 Å². The zero-order valence-corrected chi connectivity index (χ0v) is 11.6. The summed E-state index contributed by atoms with van der Waals surface area (Å²) in [6.45, 7) is 4.32. The van der Waals surface area contributed by atoms with Crippen LogP contribution < -0.4 is 5.32 Å². The van der Waals surface area contributed by atoms with E-state index in [2.05, 4.69) is 36.5 Å². The molecule has 0 bridgehead atoms. The molecule has 0 saturated heterocycles. The summed E-state index contributed by atoms with van der Waals surface area (Å²) in [4.78, 5) is 1.43. The fourth-order valence-corrected chi connectivity index (χ4v) is 3.00. The van der Waals surface area contributed by atoms with Gasteiger partial charge in [0.25, 0.3) is 0 Å². The number of rotatable bonds is 8. The van der Waals surface area contributed by atoms with Crippen LogP contribution in [0.25, 0.3) is 0 Å². The molecule has 0 spiro atoms. The van der Waals surface area contributed by atoms with Crippen molar-refractivity contribution in [1.82, 2.24) is 5.32 Å². The summed E-state index contributed by atoms with van der Waals surface area (Å²) in [7, 11) is 0. The summed E-state index contributed by atoms with van der Waals surface area (Å²) >= 11 is 2.01. The first-order valence-corrected chi connectivity index (χ1v) is 7.79. The second kappa shape index (κ2) is 7.07. The molecule has 0 atom stereocenters. The van der Waals surface area contributed by atoms with E-state index in [0.29, 0.717) is 0 Å². The molecule has 1 N–H and O–H groups in total. The summed E-state index contributed by atoms with van der Waals surface area (Å²) in [5.41, 5.74) is 1.41. The highest BCUT2D eigenvalue weighted by molar-refractivity contribution is 7.99. The maximum absolute atomic E-state index is 3.45. The second-order valence-electron chi connectivity index (χ2n) is 4.90. The molecule has 0 aromatic heterocycles. The molecule has 17 heavy (non-hydrogen) atoms. The molecule has 1 saturated carbocycles. The predicted octanol–water partition coefficient (Wildman–Crippen LogP) is 4.08. The average molecular weight is 249 g/mol. The molecule has 1 aliphatic carbocycles. The van der Waals surface area contributed by atoms with E-state index in [4.69, 9.17) is 0 Å². The monoisotopic (exact) mass is 249 g/mol. The summed E-state index contributed by atoms with van der Waals surface area (Å²) in [5, 5.41) is 3.45. The van der Waals surface area contributed by atoms with E-state index < -0.39 is 0 Å². The SMILES string of the molecule is CCCNCc1cccc(SCCC2CC2)c1. The van der Waals surface area contributed by atoms with Gasteiger partial charge in [-0.05, 0) is 48.8 Å². The van der Waals surface area contributed by atoms with Gasteiger partial charge in [0.05, 0.1) is 0 Å². The van der Waals surface area contributed by atoms with Gasteiger partial charge in [-0.3, -0.25) is 0 Å². The van der Waals surface area contributed by atoms with Gasteiger partial charge in [0, 0.05) is 11.4 Å². The molecule has 0 unspecified atom stereocenters. The number of nitrogens with one attached hydrogen (secondary N) is 1. The molecule has 0 radical (unpaired) electrons. The van der Waals surface area contributed by atoms with E-state index in [1.807, 2.05) is 11.8 Å². The topological polar surface area (TPSA) is 12.0 Å². The van der Waals surface area contributed by atoms with Crippen molar-refractivity contribution in [2.24, 2.45) is 5.92 Å². The van der Waals surface area contributed by atoms with Crippen LogP contribution in [0.4, 0.5) is 0 Å². The Labute approximate surface area is 109 Å². The number of hydrogen-bond donors (Lipinski definition) is 1. The van der Waals surface area contributed by atoms with Gasteiger partial charge in [0.1, 0.15) is 0 Å². The van der Waals surface area contributed by atoms with Crippen molar-refractivity contribution in [3.63, 3.8) is 0 Å². The van der Waals surface area contributed by atoms with E-state index >= 15 is 0 Å². The Morgan fingerprint density at radius 2 is 2.24 bits per heavy atom. The average Bonchev–Trinajstić information content (AvgIpc) is 3.14. The van der Waals surface area contributed by atoms with Gasteiger partial charge < -0.3 is 5.32 Å². The van der Waals surface area contributed by atoms with Gasteiger partial charge in [0.15, 0.2) is 0 Å². The van der Waals surface area contributed by atoms with E-state index in [1.54, 1.807) is 0 Å². The first kappa shape index (κ1) is 13.0. The van der Waals surface area contributed by atoms with E-state index in [9.17, 15) is 0 Å². The highest BCUT2D eigenvalue weighted by Crippen LogP contribution is 2.34. The third kappa shape index (κ3) is 5.13. The van der Waals surface area contributed by atoms with E-state index in [-0.39, 0.29) is 0 Å². The minimum Gasteiger partial charge on any atom is -0.313 e. The Bertz CT molecular complexity index is 333. The standard InChI is InChI=1S/C15H23NS/c1-2-9-16-12-14-4-3-5-15(11-14)17-10-8-13-6-7-13/h3-5,11,13,16H,2,6-10,12H2,1H3. The number of benzene rings is 1.